The Hall–Kier alpha value is -4.22. The van der Waals surface area contributed by atoms with Crippen molar-refractivity contribution >= 4 is 45.7 Å². The summed E-state index contributed by atoms with van der Waals surface area (Å²) in [6.45, 7) is 2.02. The number of aromatic nitrogens is 2. The second kappa shape index (κ2) is 11.5. The monoisotopic (exact) mass is 577 g/mol. The number of carbonyl (C=O) groups is 2. The van der Waals surface area contributed by atoms with Gasteiger partial charge in [-0.05, 0) is 54.4 Å². The van der Waals surface area contributed by atoms with Gasteiger partial charge in [-0.2, -0.15) is 0 Å². The van der Waals surface area contributed by atoms with Crippen LogP contribution in [-0.2, 0) is 15.3 Å². The van der Waals surface area contributed by atoms with Crippen LogP contribution < -0.4 is 14.4 Å². The lowest BCUT2D eigenvalue weighted by molar-refractivity contribution is -0.132. The van der Waals surface area contributed by atoms with Gasteiger partial charge in [0.15, 0.2) is 15.8 Å². The molecule has 4 aromatic rings. The fourth-order valence-electron chi connectivity index (χ4n) is 4.32. The summed E-state index contributed by atoms with van der Waals surface area (Å²) in [6.07, 6.45) is 0. The van der Waals surface area contributed by atoms with Gasteiger partial charge in [-0.15, -0.1) is 10.2 Å². The zero-order chi connectivity index (χ0) is 28.4. The number of anilines is 1. The van der Waals surface area contributed by atoms with Crippen LogP contribution in [0, 0.1) is 12.7 Å². The van der Waals surface area contributed by atoms with Gasteiger partial charge in [-0.3, -0.25) is 14.5 Å². The van der Waals surface area contributed by atoms with Gasteiger partial charge >= 0.3 is 5.91 Å². The van der Waals surface area contributed by atoms with Crippen molar-refractivity contribution in [3.63, 3.8) is 0 Å². The number of carbonyl (C=O) groups excluding carboxylic acids is 2. The number of amides is 1. The molecular weight excluding hydrogens is 553 g/mol. The van der Waals surface area contributed by atoms with Gasteiger partial charge < -0.3 is 14.6 Å². The predicted octanol–water partition coefficient (Wildman–Crippen LogP) is 5.92. The van der Waals surface area contributed by atoms with Crippen LogP contribution in [0.2, 0.25) is 0 Å². The number of nitrogens with zero attached hydrogens (tertiary/aromatic N) is 3. The highest BCUT2D eigenvalue weighted by molar-refractivity contribution is 8.00. The summed E-state index contributed by atoms with van der Waals surface area (Å²) >= 11 is 2.63. The molecule has 8 nitrogen and oxygen atoms in total. The minimum absolute atomic E-state index is 0.159. The number of ether oxygens (including phenoxy) is 2. The second-order valence-electron chi connectivity index (χ2n) is 8.92. The molecule has 2 heterocycles. The minimum atomic E-state index is -1.05. The largest absolute Gasteiger partial charge is 0.507 e. The summed E-state index contributed by atoms with van der Waals surface area (Å²) in [7, 11) is 2.97. The molecule has 204 valence electrons. The van der Waals surface area contributed by atoms with Crippen LogP contribution in [0.5, 0.6) is 11.5 Å². The van der Waals surface area contributed by atoms with E-state index < -0.39 is 29.3 Å². The third-order valence-electron chi connectivity index (χ3n) is 6.37. The van der Waals surface area contributed by atoms with Crippen LogP contribution in [0.3, 0.4) is 0 Å². The molecule has 0 aliphatic carbocycles. The Bertz CT molecular complexity index is 1600. The number of halogens is 1. The maximum Gasteiger partial charge on any atom is 0.301 e. The first-order valence-electron chi connectivity index (χ1n) is 12.1. The number of aliphatic hydroxyl groups is 1. The van der Waals surface area contributed by atoms with Crippen LogP contribution in [0.25, 0.3) is 5.76 Å². The fourth-order valence-corrected chi connectivity index (χ4v) is 6.14. The molecule has 5 rings (SSSR count). The lowest BCUT2D eigenvalue weighted by atomic mass is 9.95. The summed E-state index contributed by atoms with van der Waals surface area (Å²) in [5.41, 5.74) is 2.78. The molecule has 0 radical (unpaired) electrons. The third kappa shape index (κ3) is 5.30. The molecule has 1 unspecified atom stereocenters. The number of aliphatic hydroxyl groups excluding tert-OH is 1. The Labute approximate surface area is 238 Å². The Morgan fingerprint density at radius 1 is 1.00 bits per heavy atom. The number of Topliss-reactive ketones (excluding diaryl/α,β-unsaturated/α-hetero) is 1. The molecular formula is C29H24FN3O5S2. The highest BCUT2D eigenvalue weighted by Gasteiger charge is 2.48. The Morgan fingerprint density at radius 2 is 1.70 bits per heavy atom. The van der Waals surface area contributed by atoms with Crippen molar-refractivity contribution in [1.82, 2.24) is 10.2 Å². The molecule has 0 bridgehead atoms. The average molecular weight is 578 g/mol. The van der Waals surface area contributed by atoms with Crippen LogP contribution in [0.15, 0.2) is 76.6 Å². The average Bonchev–Trinajstić information content (AvgIpc) is 3.54. The molecule has 1 aromatic heterocycles. The highest BCUT2D eigenvalue weighted by atomic mass is 32.2. The zero-order valence-electron chi connectivity index (χ0n) is 21.8. The lowest BCUT2D eigenvalue weighted by Gasteiger charge is -2.23. The van der Waals surface area contributed by atoms with Crippen molar-refractivity contribution in [3.8, 4) is 11.5 Å². The number of ketones is 1. The molecule has 0 spiro atoms. The molecule has 1 aliphatic rings. The van der Waals surface area contributed by atoms with Crippen molar-refractivity contribution in [1.29, 1.82) is 0 Å². The van der Waals surface area contributed by atoms with Crippen molar-refractivity contribution in [2.45, 2.75) is 23.1 Å². The van der Waals surface area contributed by atoms with E-state index in [9.17, 15) is 19.1 Å². The first-order valence-corrected chi connectivity index (χ1v) is 13.9. The number of thioether (sulfide) groups is 1. The minimum Gasteiger partial charge on any atom is -0.507 e. The molecule has 1 saturated heterocycles. The molecule has 1 N–H and O–H groups in total. The SMILES string of the molecule is COc1ccc(C2/C(=C(/O)c3ccc(F)cc3)C(=O)C(=O)N2c2nnc(SCc3ccc(C)cc3)s2)cc1OC. The van der Waals surface area contributed by atoms with Gasteiger partial charge in [0.1, 0.15) is 11.6 Å². The van der Waals surface area contributed by atoms with Gasteiger partial charge in [0.25, 0.3) is 5.78 Å². The number of rotatable bonds is 8. The van der Waals surface area contributed by atoms with Gasteiger partial charge in [-0.25, -0.2) is 4.39 Å². The highest BCUT2D eigenvalue weighted by Crippen LogP contribution is 2.45. The standard InChI is InChI=1S/C29H24FN3O5S2/c1-16-4-6-17(7-5-16)15-39-29-32-31-28(40-29)33-24(19-10-13-21(37-2)22(14-19)38-3)23(26(35)27(33)36)25(34)18-8-11-20(30)12-9-18/h4-14,24,34H,15H2,1-3H3/b25-23-. The van der Waals surface area contributed by atoms with Crippen molar-refractivity contribution in [2.75, 3.05) is 19.1 Å². The van der Waals surface area contributed by atoms with Crippen LogP contribution >= 0.6 is 23.1 Å². The van der Waals surface area contributed by atoms with E-state index in [0.29, 0.717) is 27.2 Å². The van der Waals surface area contributed by atoms with Gasteiger partial charge in [0, 0.05) is 11.3 Å². The van der Waals surface area contributed by atoms with E-state index in [-0.39, 0.29) is 16.3 Å². The molecule has 1 aliphatic heterocycles. The second-order valence-corrected chi connectivity index (χ2v) is 11.1. The van der Waals surface area contributed by atoms with E-state index in [1.54, 1.807) is 18.2 Å². The molecule has 1 atom stereocenters. The van der Waals surface area contributed by atoms with Crippen molar-refractivity contribution in [2.24, 2.45) is 0 Å². The van der Waals surface area contributed by atoms with Crippen molar-refractivity contribution < 1.29 is 28.6 Å². The lowest BCUT2D eigenvalue weighted by Crippen LogP contribution is -2.29. The maximum atomic E-state index is 13.6. The summed E-state index contributed by atoms with van der Waals surface area (Å²) in [4.78, 5) is 28.1. The van der Waals surface area contributed by atoms with E-state index >= 15 is 0 Å². The summed E-state index contributed by atoms with van der Waals surface area (Å²) < 4.78 is 25.0. The van der Waals surface area contributed by atoms with E-state index in [1.165, 1.54) is 66.5 Å². The quantitative estimate of drug-likeness (QED) is 0.0905. The number of benzene rings is 3. The molecule has 3 aromatic carbocycles. The number of aryl methyl sites for hydroxylation is 1. The molecule has 1 fully saturated rings. The fraction of sp³-hybridized carbons (Fsp3) is 0.172. The summed E-state index contributed by atoms with van der Waals surface area (Å²) in [6, 6.07) is 17.1. The molecule has 0 saturated carbocycles. The Morgan fingerprint density at radius 3 is 2.38 bits per heavy atom. The predicted molar refractivity (Wildman–Crippen MR) is 151 cm³/mol. The first-order chi connectivity index (χ1) is 19.3. The summed E-state index contributed by atoms with van der Waals surface area (Å²) in [5, 5.41) is 19.9. The molecule has 1 amide bonds. The van der Waals surface area contributed by atoms with E-state index in [0.717, 1.165) is 11.1 Å². The number of methoxy groups -OCH3 is 2. The number of hydrogen-bond donors (Lipinski definition) is 1. The van der Waals surface area contributed by atoms with E-state index in [4.69, 9.17) is 9.47 Å². The summed E-state index contributed by atoms with van der Waals surface area (Å²) in [5.74, 6) is -1.22. The van der Waals surface area contributed by atoms with Crippen LogP contribution in [-0.4, -0.2) is 41.2 Å². The van der Waals surface area contributed by atoms with Crippen LogP contribution in [0.4, 0.5) is 9.52 Å². The Balaban J connectivity index is 1.57. The normalized spacial score (nSPS) is 16.4. The van der Waals surface area contributed by atoms with Gasteiger partial charge in [0.2, 0.25) is 5.13 Å². The molecule has 40 heavy (non-hydrogen) atoms. The topological polar surface area (TPSA) is 102 Å². The zero-order valence-corrected chi connectivity index (χ0v) is 23.4. The first kappa shape index (κ1) is 27.4. The smallest absolute Gasteiger partial charge is 0.301 e. The van der Waals surface area contributed by atoms with Gasteiger partial charge in [-0.1, -0.05) is 59.0 Å². The maximum absolute atomic E-state index is 13.6. The number of hydrogen-bond acceptors (Lipinski definition) is 9. The van der Waals surface area contributed by atoms with Gasteiger partial charge in [0.05, 0.1) is 25.8 Å². The third-order valence-corrected chi connectivity index (χ3v) is 8.50. The molecule has 11 heteroatoms. The van der Waals surface area contributed by atoms with Crippen molar-refractivity contribution in [3.05, 3.63) is 100 Å². The Kier molecular flexibility index (Phi) is 7.85. The van der Waals surface area contributed by atoms with E-state index in [2.05, 4.69) is 10.2 Å². The van der Waals surface area contributed by atoms with E-state index in [1.807, 2.05) is 31.2 Å². The van der Waals surface area contributed by atoms with Crippen LogP contribution in [0.1, 0.15) is 28.3 Å².